The Morgan fingerprint density at radius 1 is 1.55 bits per heavy atom. The molecule has 0 aliphatic heterocycles. The number of nitrogens with one attached hydrogen (secondary N) is 1. The van der Waals surface area contributed by atoms with Gasteiger partial charge in [-0.3, -0.25) is 4.79 Å². The molecule has 1 amide bonds. The van der Waals surface area contributed by atoms with E-state index in [0.717, 1.165) is 18.4 Å². The van der Waals surface area contributed by atoms with Crippen molar-refractivity contribution in [1.82, 2.24) is 14.9 Å². The van der Waals surface area contributed by atoms with E-state index in [2.05, 4.69) is 10.4 Å². The number of amides is 1. The molecule has 2 heterocycles. The van der Waals surface area contributed by atoms with Crippen LogP contribution in [0.2, 0.25) is 0 Å². The number of hydrogen-bond acceptors (Lipinski definition) is 3. The van der Waals surface area contributed by atoms with Crippen LogP contribution < -0.4 is 11.1 Å². The number of carbonyl (C=O) groups excluding carboxylic acids is 1. The van der Waals surface area contributed by atoms with Gasteiger partial charge >= 0.3 is 0 Å². The Kier molecular flexibility index (Phi) is 4.01. The topological polar surface area (TPSA) is 72.4 Å². The number of nitrogens with zero attached hydrogens (tertiary/aromatic N) is 2. The van der Waals surface area contributed by atoms with Crippen molar-refractivity contribution in [3.8, 4) is 0 Å². The minimum absolute atomic E-state index is 0. The zero-order valence-corrected chi connectivity index (χ0v) is 12.2. The minimum atomic E-state index is -0.305. The van der Waals surface area contributed by atoms with Crippen molar-refractivity contribution in [2.24, 2.45) is 11.7 Å². The van der Waals surface area contributed by atoms with E-state index in [1.807, 2.05) is 31.3 Å². The molecule has 1 fully saturated rings. The number of halogens is 1. The Balaban J connectivity index is 0.00000147. The van der Waals surface area contributed by atoms with E-state index >= 15 is 0 Å². The van der Waals surface area contributed by atoms with Crippen LogP contribution in [0, 0.1) is 5.92 Å². The highest BCUT2D eigenvalue weighted by Crippen LogP contribution is 2.39. The van der Waals surface area contributed by atoms with Crippen LogP contribution >= 0.6 is 12.4 Å². The lowest BCUT2D eigenvalue weighted by Gasteiger charge is -2.29. The zero-order valence-electron chi connectivity index (χ0n) is 11.4. The Labute approximate surface area is 123 Å². The summed E-state index contributed by atoms with van der Waals surface area (Å²) in [6.07, 6.45) is 5.72. The molecule has 2 aromatic heterocycles. The summed E-state index contributed by atoms with van der Waals surface area (Å²) in [6.45, 7) is 2.48. The molecule has 108 valence electrons. The third-order valence-electron chi connectivity index (χ3n) is 3.97. The molecule has 1 aliphatic rings. The first kappa shape index (κ1) is 14.8. The van der Waals surface area contributed by atoms with Crippen LogP contribution in [-0.2, 0) is 0 Å². The Hall–Kier alpha value is -1.59. The van der Waals surface area contributed by atoms with Gasteiger partial charge in [-0.25, -0.2) is 4.52 Å². The first-order valence-corrected chi connectivity index (χ1v) is 6.59. The van der Waals surface area contributed by atoms with Gasteiger partial charge in [0, 0.05) is 12.7 Å². The average molecular weight is 295 g/mol. The molecular formula is C14H19ClN4O. The van der Waals surface area contributed by atoms with Gasteiger partial charge < -0.3 is 11.1 Å². The fourth-order valence-corrected chi connectivity index (χ4v) is 2.48. The third kappa shape index (κ3) is 2.51. The van der Waals surface area contributed by atoms with Crippen LogP contribution in [0.3, 0.4) is 0 Å². The molecule has 3 N–H and O–H groups in total. The van der Waals surface area contributed by atoms with E-state index in [4.69, 9.17) is 5.73 Å². The van der Waals surface area contributed by atoms with E-state index < -0.39 is 0 Å². The molecule has 20 heavy (non-hydrogen) atoms. The maximum absolute atomic E-state index is 12.4. The zero-order chi connectivity index (χ0) is 13.5. The molecule has 1 saturated carbocycles. The minimum Gasteiger partial charge on any atom is -0.345 e. The summed E-state index contributed by atoms with van der Waals surface area (Å²) in [4.78, 5) is 12.4. The van der Waals surface area contributed by atoms with Gasteiger partial charge in [-0.2, -0.15) is 5.10 Å². The van der Waals surface area contributed by atoms with Crippen LogP contribution in [-0.4, -0.2) is 27.6 Å². The van der Waals surface area contributed by atoms with Crippen LogP contribution in [0.4, 0.5) is 0 Å². The summed E-state index contributed by atoms with van der Waals surface area (Å²) in [7, 11) is 0. The smallest absolute Gasteiger partial charge is 0.255 e. The Morgan fingerprint density at radius 2 is 2.30 bits per heavy atom. The van der Waals surface area contributed by atoms with Crippen molar-refractivity contribution < 1.29 is 4.79 Å². The Morgan fingerprint density at radius 3 is 2.95 bits per heavy atom. The number of fused-ring (bicyclic) bond motifs is 1. The van der Waals surface area contributed by atoms with Crippen LogP contribution in [0.25, 0.3) is 5.52 Å². The van der Waals surface area contributed by atoms with E-state index in [1.54, 1.807) is 10.7 Å². The van der Waals surface area contributed by atoms with Gasteiger partial charge in [0.25, 0.3) is 5.91 Å². The molecule has 1 atom stereocenters. The van der Waals surface area contributed by atoms with Crippen LogP contribution in [0.5, 0.6) is 0 Å². The second kappa shape index (κ2) is 5.42. The molecule has 0 radical (unpaired) electrons. The largest absolute Gasteiger partial charge is 0.345 e. The number of nitrogens with two attached hydrogens (primary N) is 1. The molecule has 0 bridgehead atoms. The number of rotatable bonds is 4. The lowest BCUT2D eigenvalue weighted by Crippen LogP contribution is -2.53. The molecule has 2 aromatic rings. The molecule has 0 saturated heterocycles. The summed E-state index contributed by atoms with van der Waals surface area (Å²) in [5, 5.41) is 7.26. The molecule has 6 heteroatoms. The third-order valence-corrected chi connectivity index (χ3v) is 3.97. The maximum Gasteiger partial charge on any atom is 0.255 e. The summed E-state index contributed by atoms with van der Waals surface area (Å²) in [5.74, 6) is 0.407. The van der Waals surface area contributed by atoms with E-state index in [0.29, 0.717) is 18.0 Å². The second-order valence-corrected chi connectivity index (χ2v) is 5.44. The molecule has 5 nitrogen and oxygen atoms in total. The molecule has 1 unspecified atom stereocenters. The summed E-state index contributed by atoms with van der Waals surface area (Å²) in [6, 6.07) is 5.67. The number of carbonyl (C=O) groups is 1. The molecule has 0 spiro atoms. The van der Waals surface area contributed by atoms with Gasteiger partial charge in [-0.1, -0.05) is 6.07 Å². The average Bonchev–Trinajstić information content (AvgIpc) is 3.19. The first-order chi connectivity index (χ1) is 9.14. The van der Waals surface area contributed by atoms with Gasteiger partial charge in [0.05, 0.1) is 22.8 Å². The summed E-state index contributed by atoms with van der Waals surface area (Å²) >= 11 is 0. The predicted molar refractivity (Wildman–Crippen MR) is 80.1 cm³/mol. The van der Waals surface area contributed by atoms with Crippen molar-refractivity contribution in [3.05, 3.63) is 36.2 Å². The van der Waals surface area contributed by atoms with Crippen molar-refractivity contribution in [2.45, 2.75) is 25.3 Å². The summed E-state index contributed by atoms with van der Waals surface area (Å²) in [5.41, 5.74) is 6.93. The van der Waals surface area contributed by atoms with E-state index in [9.17, 15) is 4.79 Å². The molecular weight excluding hydrogens is 276 g/mol. The first-order valence-electron chi connectivity index (χ1n) is 6.59. The van der Waals surface area contributed by atoms with Gasteiger partial charge in [0.2, 0.25) is 0 Å². The summed E-state index contributed by atoms with van der Waals surface area (Å²) < 4.78 is 1.70. The SMILES string of the molecule is CC(CN)(NC(=O)c1cnn2ccccc12)C1CC1.Cl. The molecule has 1 aliphatic carbocycles. The fourth-order valence-electron chi connectivity index (χ4n) is 2.48. The highest BCUT2D eigenvalue weighted by atomic mass is 35.5. The van der Waals surface area contributed by atoms with Crippen molar-refractivity contribution in [2.75, 3.05) is 6.54 Å². The van der Waals surface area contributed by atoms with Gasteiger partial charge in [0.15, 0.2) is 0 Å². The standard InChI is InChI=1S/C14H18N4O.ClH/c1-14(9-15,10-5-6-10)17-13(19)11-8-16-18-7-3-2-4-12(11)18;/h2-4,7-8,10H,5-6,9,15H2,1H3,(H,17,19);1H. The van der Waals surface area contributed by atoms with E-state index in [-0.39, 0.29) is 23.9 Å². The number of hydrogen-bond donors (Lipinski definition) is 2. The predicted octanol–water partition coefficient (Wildman–Crippen LogP) is 1.61. The second-order valence-electron chi connectivity index (χ2n) is 5.44. The van der Waals surface area contributed by atoms with Gasteiger partial charge in [-0.05, 0) is 37.8 Å². The van der Waals surface area contributed by atoms with Gasteiger partial charge in [0.1, 0.15) is 0 Å². The highest BCUT2D eigenvalue weighted by Gasteiger charge is 2.41. The monoisotopic (exact) mass is 294 g/mol. The van der Waals surface area contributed by atoms with Gasteiger partial charge in [-0.15, -0.1) is 12.4 Å². The quantitative estimate of drug-likeness (QED) is 0.900. The highest BCUT2D eigenvalue weighted by molar-refractivity contribution is 6.01. The number of aromatic nitrogens is 2. The lowest BCUT2D eigenvalue weighted by molar-refractivity contribution is 0.0899. The van der Waals surface area contributed by atoms with Crippen molar-refractivity contribution in [3.63, 3.8) is 0 Å². The number of pyridine rings is 1. The Bertz CT molecular complexity index is 622. The van der Waals surface area contributed by atoms with Crippen LogP contribution in [0.15, 0.2) is 30.6 Å². The molecule has 3 rings (SSSR count). The fraction of sp³-hybridized carbons (Fsp3) is 0.429. The van der Waals surface area contributed by atoms with E-state index in [1.165, 1.54) is 0 Å². The lowest BCUT2D eigenvalue weighted by atomic mass is 9.95. The van der Waals surface area contributed by atoms with Crippen LogP contribution in [0.1, 0.15) is 30.1 Å². The molecule has 0 aromatic carbocycles. The maximum atomic E-state index is 12.4. The normalized spacial score (nSPS) is 17.3. The van der Waals surface area contributed by atoms with Crippen molar-refractivity contribution in [1.29, 1.82) is 0 Å². The van der Waals surface area contributed by atoms with Crippen molar-refractivity contribution >= 4 is 23.8 Å².